The molecule has 3 nitrogen and oxygen atoms in total. The summed E-state index contributed by atoms with van der Waals surface area (Å²) in [6, 6.07) is 5.88. The molecule has 0 amide bonds. The number of anilines is 1. The Bertz CT molecular complexity index is 376. The van der Waals surface area contributed by atoms with Gasteiger partial charge >= 0.3 is 0 Å². The molecule has 1 aliphatic rings. The van der Waals surface area contributed by atoms with Gasteiger partial charge in [-0.3, -0.25) is 0 Å². The molecular weight excluding hydrogens is 362 g/mol. The van der Waals surface area contributed by atoms with Gasteiger partial charge in [-0.05, 0) is 62.8 Å². The highest BCUT2D eigenvalue weighted by atomic mass is 79.9. The van der Waals surface area contributed by atoms with E-state index in [4.69, 9.17) is 4.74 Å². The number of aliphatic hydroxyl groups is 1. The van der Waals surface area contributed by atoms with Crippen molar-refractivity contribution in [3.63, 3.8) is 0 Å². The summed E-state index contributed by atoms with van der Waals surface area (Å²) >= 11 is 6.94. The molecule has 0 heterocycles. The summed E-state index contributed by atoms with van der Waals surface area (Å²) in [6.45, 7) is 1.66. The number of hydrogen-bond donors (Lipinski definition) is 2. The zero-order valence-corrected chi connectivity index (χ0v) is 13.2. The molecule has 1 saturated carbocycles. The molecule has 0 bridgehead atoms. The van der Waals surface area contributed by atoms with Gasteiger partial charge in [0.05, 0.1) is 18.4 Å². The predicted molar refractivity (Wildman–Crippen MR) is 79.9 cm³/mol. The molecule has 1 aromatic carbocycles. The van der Waals surface area contributed by atoms with E-state index in [1.54, 1.807) is 0 Å². The summed E-state index contributed by atoms with van der Waals surface area (Å²) < 4.78 is 7.40. The van der Waals surface area contributed by atoms with Crippen LogP contribution in [0.3, 0.4) is 0 Å². The average molecular weight is 379 g/mol. The number of ether oxygens (including phenoxy) is 1. The van der Waals surface area contributed by atoms with Gasteiger partial charge in [0.25, 0.3) is 0 Å². The Labute approximate surface area is 124 Å². The van der Waals surface area contributed by atoms with Gasteiger partial charge in [-0.1, -0.05) is 6.07 Å². The highest BCUT2D eigenvalue weighted by molar-refractivity contribution is 9.11. The summed E-state index contributed by atoms with van der Waals surface area (Å²) in [5.41, 5.74) is 0.957. The largest absolute Gasteiger partial charge is 0.389 e. The van der Waals surface area contributed by atoms with Crippen molar-refractivity contribution in [1.29, 1.82) is 0 Å². The SMILES string of the molecule is OC(CNc1c(Br)cccc1Br)COCC1CC1. The van der Waals surface area contributed by atoms with E-state index < -0.39 is 6.10 Å². The van der Waals surface area contributed by atoms with Gasteiger partial charge in [-0.15, -0.1) is 0 Å². The monoisotopic (exact) mass is 377 g/mol. The molecule has 1 atom stereocenters. The molecule has 1 aromatic rings. The van der Waals surface area contributed by atoms with Gasteiger partial charge in [0, 0.05) is 22.1 Å². The normalized spacial score (nSPS) is 16.6. The fourth-order valence-corrected chi connectivity index (χ4v) is 2.88. The van der Waals surface area contributed by atoms with Crippen molar-refractivity contribution >= 4 is 37.5 Å². The molecule has 1 aliphatic carbocycles. The summed E-state index contributed by atoms with van der Waals surface area (Å²) in [5, 5.41) is 13.0. The van der Waals surface area contributed by atoms with Crippen molar-refractivity contribution in [3.8, 4) is 0 Å². The number of para-hydroxylation sites is 1. The van der Waals surface area contributed by atoms with E-state index >= 15 is 0 Å². The maximum absolute atomic E-state index is 9.81. The van der Waals surface area contributed by atoms with Gasteiger partial charge in [0.2, 0.25) is 0 Å². The molecular formula is C13H17Br2NO2. The zero-order chi connectivity index (χ0) is 13.0. The van der Waals surface area contributed by atoms with Crippen molar-refractivity contribution in [2.24, 2.45) is 5.92 Å². The minimum atomic E-state index is -0.484. The Balaban J connectivity index is 1.72. The zero-order valence-electron chi connectivity index (χ0n) is 10.0. The number of nitrogens with one attached hydrogen (secondary N) is 1. The molecule has 1 fully saturated rings. The summed E-state index contributed by atoms with van der Waals surface area (Å²) in [5.74, 6) is 0.738. The van der Waals surface area contributed by atoms with Crippen LogP contribution < -0.4 is 5.32 Å². The Hall–Kier alpha value is -0.100. The Morgan fingerprint density at radius 2 is 2.00 bits per heavy atom. The fraction of sp³-hybridized carbons (Fsp3) is 0.538. The number of benzene rings is 1. The molecule has 0 spiro atoms. The molecule has 2 rings (SSSR count). The van der Waals surface area contributed by atoms with Crippen molar-refractivity contribution < 1.29 is 9.84 Å². The number of rotatable bonds is 7. The lowest BCUT2D eigenvalue weighted by molar-refractivity contribution is 0.0386. The number of halogens is 2. The molecule has 5 heteroatoms. The third-order valence-electron chi connectivity index (χ3n) is 2.84. The molecule has 18 heavy (non-hydrogen) atoms. The number of aliphatic hydroxyl groups excluding tert-OH is 1. The molecule has 0 aliphatic heterocycles. The fourth-order valence-electron chi connectivity index (χ4n) is 1.60. The minimum Gasteiger partial charge on any atom is -0.389 e. The first kappa shape index (κ1) is 14.3. The summed E-state index contributed by atoms with van der Waals surface area (Å²) in [4.78, 5) is 0. The Kier molecular flexibility index (Phi) is 5.48. The van der Waals surface area contributed by atoms with Gasteiger partial charge in [0.15, 0.2) is 0 Å². The molecule has 1 unspecified atom stereocenters. The lowest BCUT2D eigenvalue weighted by Gasteiger charge is -2.15. The molecule has 0 radical (unpaired) electrons. The van der Waals surface area contributed by atoms with E-state index in [0.29, 0.717) is 13.2 Å². The molecule has 100 valence electrons. The number of hydrogen-bond acceptors (Lipinski definition) is 3. The lowest BCUT2D eigenvalue weighted by atomic mass is 10.3. The quantitative estimate of drug-likeness (QED) is 0.763. The molecule has 2 N–H and O–H groups in total. The maximum Gasteiger partial charge on any atom is 0.0945 e. The van der Waals surface area contributed by atoms with Gasteiger partial charge in [0.1, 0.15) is 0 Å². The van der Waals surface area contributed by atoms with Crippen molar-refractivity contribution in [1.82, 2.24) is 0 Å². The van der Waals surface area contributed by atoms with Crippen LogP contribution in [-0.2, 0) is 4.74 Å². The standard InChI is InChI=1S/C13H17Br2NO2/c14-11-2-1-3-12(15)13(11)16-6-10(17)8-18-7-9-4-5-9/h1-3,9-10,16-17H,4-8H2. The highest BCUT2D eigenvalue weighted by Crippen LogP contribution is 2.30. The molecule has 0 aromatic heterocycles. The smallest absolute Gasteiger partial charge is 0.0945 e. The Morgan fingerprint density at radius 3 is 2.61 bits per heavy atom. The molecule has 0 saturated heterocycles. The second-order valence-electron chi connectivity index (χ2n) is 4.61. The van der Waals surface area contributed by atoms with Crippen LogP contribution in [0.25, 0.3) is 0 Å². The van der Waals surface area contributed by atoms with E-state index in [2.05, 4.69) is 37.2 Å². The van der Waals surface area contributed by atoms with E-state index in [1.807, 2.05) is 18.2 Å². The van der Waals surface area contributed by atoms with Crippen LogP contribution >= 0.6 is 31.9 Å². The van der Waals surface area contributed by atoms with E-state index in [-0.39, 0.29) is 0 Å². The van der Waals surface area contributed by atoms with E-state index in [1.165, 1.54) is 12.8 Å². The van der Waals surface area contributed by atoms with E-state index in [9.17, 15) is 5.11 Å². The van der Waals surface area contributed by atoms with Crippen LogP contribution in [0, 0.1) is 5.92 Å². The van der Waals surface area contributed by atoms with Crippen LogP contribution in [-0.4, -0.2) is 31.0 Å². The first-order chi connectivity index (χ1) is 8.66. The maximum atomic E-state index is 9.81. The third-order valence-corrected chi connectivity index (χ3v) is 4.16. The summed E-state index contributed by atoms with van der Waals surface area (Å²) in [7, 11) is 0. The Morgan fingerprint density at radius 1 is 1.33 bits per heavy atom. The second kappa shape index (κ2) is 6.89. The third kappa shape index (κ3) is 4.53. The van der Waals surface area contributed by atoms with Crippen LogP contribution in [0.5, 0.6) is 0 Å². The first-order valence-corrected chi connectivity index (χ1v) is 7.69. The van der Waals surface area contributed by atoms with Gasteiger partial charge < -0.3 is 15.2 Å². The van der Waals surface area contributed by atoms with Crippen LogP contribution in [0.4, 0.5) is 5.69 Å². The topological polar surface area (TPSA) is 41.5 Å². The summed E-state index contributed by atoms with van der Waals surface area (Å²) in [6.07, 6.45) is 2.07. The highest BCUT2D eigenvalue weighted by Gasteiger charge is 2.21. The van der Waals surface area contributed by atoms with Crippen LogP contribution in [0.15, 0.2) is 27.1 Å². The first-order valence-electron chi connectivity index (χ1n) is 6.10. The minimum absolute atomic E-state index is 0.394. The van der Waals surface area contributed by atoms with Gasteiger partial charge in [-0.2, -0.15) is 0 Å². The van der Waals surface area contributed by atoms with E-state index in [0.717, 1.165) is 27.2 Å². The van der Waals surface area contributed by atoms with Gasteiger partial charge in [-0.25, -0.2) is 0 Å². The predicted octanol–water partition coefficient (Wildman–Crippen LogP) is 3.41. The van der Waals surface area contributed by atoms with Crippen molar-refractivity contribution in [2.45, 2.75) is 18.9 Å². The van der Waals surface area contributed by atoms with Crippen LogP contribution in [0.1, 0.15) is 12.8 Å². The lowest BCUT2D eigenvalue weighted by Crippen LogP contribution is -2.25. The average Bonchev–Trinajstić information content (AvgIpc) is 3.12. The van der Waals surface area contributed by atoms with Crippen molar-refractivity contribution in [2.75, 3.05) is 25.1 Å². The second-order valence-corrected chi connectivity index (χ2v) is 6.32. The van der Waals surface area contributed by atoms with Crippen LogP contribution in [0.2, 0.25) is 0 Å². The van der Waals surface area contributed by atoms with Crippen molar-refractivity contribution in [3.05, 3.63) is 27.1 Å².